The summed E-state index contributed by atoms with van der Waals surface area (Å²) in [5.41, 5.74) is 1.92. The number of allylic oxidation sites excluding steroid dienone is 3. The van der Waals surface area contributed by atoms with Gasteiger partial charge in [0.05, 0.1) is 0 Å². The van der Waals surface area contributed by atoms with Gasteiger partial charge in [-0.2, -0.15) is 0 Å². The summed E-state index contributed by atoms with van der Waals surface area (Å²) in [4.78, 5) is 11.4. The largest absolute Gasteiger partial charge is 0.295 e. The quantitative estimate of drug-likeness (QED) is 0.596. The highest BCUT2D eigenvalue weighted by molar-refractivity contribution is 5.91. The molecule has 1 fully saturated rings. The topological polar surface area (TPSA) is 17.1 Å². The van der Waals surface area contributed by atoms with E-state index in [1.54, 1.807) is 0 Å². The van der Waals surface area contributed by atoms with Gasteiger partial charge in [0.25, 0.3) is 0 Å². The number of fused-ring (bicyclic) bond motifs is 1. The number of ketones is 1. The average molecular weight is 204 g/mol. The van der Waals surface area contributed by atoms with E-state index in [0.717, 1.165) is 32.1 Å². The Labute approximate surface area is 92.3 Å². The fourth-order valence-corrected chi connectivity index (χ4v) is 3.15. The minimum Gasteiger partial charge on any atom is -0.295 e. The van der Waals surface area contributed by atoms with E-state index >= 15 is 0 Å². The first-order valence-electron chi connectivity index (χ1n) is 5.85. The third-order valence-corrected chi connectivity index (χ3v) is 4.29. The average Bonchev–Trinajstić information content (AvgIpc) is 2.19. The van der Waals surface area contributed by atoms with E-state index in [1.807, 2.05) is 6.08 Å². The second-order valence-corrected chi connectivity index (χ2v) is 5.73. The van der Waals surface area contributed by atoms with Gasteiger partial charge in [-0.25, -0.2) is 0 Å². The lowest BCUT2D eigenvalue weighted by molar-refractivity contribution is -0.116. The molecule has 2 aliphatic rings. The smallest absolute Gasteiger partial charge is 0.155 e. The summed E-state index contributed by atoms with van der Waals surface area (Å²) in [6.07, 6.45) is 9.14. The normalized spacial score (nSPS) is 40.7. The highest BCUT2D eigenvalue weighted by Crippen LogP contribution is 2.53. The minimum absolute atomic E-state index is 0.259. The van der Waals surface area contributed by atoms with Gasteiger partial charge in [-0.1, -0.05) is 25.5 Å². The van der Waals surface area contributed by atoms with Crippen molar-refractivity contribution in [3.8, 4) is 0 Å². The molecule has 0 aromatic heterocycles. The van der Waals surface area contributed by atoms with Crippen LogP contribution in [0.2, 0.25) is 0 Å². The van der Waals surface area contributed by atoms with Gasteiger partial charge in [0.15, 0.2) is 5.78 Å². The minimum atomic E-state index is 0.259. The Bertz CT molecular complexity index is 339. The molecule has 82 valence electrons. The maximum absolute atomic E-state index is 11.4. The van der Waals surface area contributed by atoms with Gasteiger partial charge >= 0.3 is 0 Å². The molecule has 0 aromatic carbocycles. The van der Waals surface area contributed by atoms with Crippen LogP contribution in [0.3, 0.4) is 0 Å². The van der Waals surface area contributed by atoms with E-state index in [9.17, 15) is 4.79 Å². The molecule has 0 bridgehead atoms. The number of hydrogen-bond donors (Lipinski definition) is 0. The van der Waals surface area contributed by atoms with Crippen LogP contribution in [-0.4, -0.2) is 5.78 Å². The Morgan fingerprint density at radius 3 is 2.73 bits per heavy atom. The SMILES string of the molecule is C=C[C@]1(C)CCC2=CC(=O)CC[C@]2(C)C1. The first-order valence-corrected chi connectivity index (χ1v) is 5.85. The summed E-state index contributed by atoms with van der Waals surface area (Å²) in [6, 6.07) is 0. The van der Waals surface area contributed by atoms with Crippen LogP contribution in [0.25, 0.3) is 0 Å². The maximum atomic E-state index is 11.4. The Balaban J connectivity index is 2.30. The van der Waals surface area contributed by atoms with Crippen molar-refractivity contribution in [3.63, 3.8) is 0 Å². The number of hydrogen-bond acceptors (Lipinski definition) is 1. The van der Waals surface area contributed by atoms with Crippen molar-refractivity contribution in [1.82, 2.24) is 0 Å². The van der Waals surface area contributed by atoms with Crippen molar-refractivity contribution in [3.05, 3.63) is 24.3 Å². The summed E-state index contributed by atoms with van der Waals surface area (Å²) in [7, 11) is 0. The second kappa shape index (κ2) is 3.33. The van der Waals surface area contributed by atoms with Crippen LogP contribution in [-0.2, 0) is 4.79 Å². The molecule has 0 spiro atoms. The first kappa shape index (κ1) is 10.7. The molecule has 0 amide bonds. The molecule has 0 saturated heterocycles. The number of carbonyl (C=O) groups is 1. The molecular weight excluding hydrogens is 184 g/mol. The fourth-order valence-electron chi connectivity index (χ4n) is 3.15. The Hall–Kier alpha value is -0.850. The molecule has 2 atom stereocenters. The van der Waals surface area contributed by atoms with Crippen molar-refractivity contribution >= 4 is 5.78 Å². The second-order valence-electron chi connectivity index (χ2n) is 5.73. The van der Waals surface area contributed by atoms with Gasteiger partial charge < -0.3 is 0 Å². The molecule has 1 heteroatoms. The standard InChI is InChI=1S/C14H20O/c1-4-13(2)7-5-11-9-12(15)6-8-14(11,3)10-13/h4,9H,1,5-8,10H2,2-3H3/t13-,14-/m1/s1. The lowest BCUT2D eigenvalue weighted by Crippen LogP contribution is -2.36. The van der Waals surface area contributed by atoms with E-state index < -0.39 is 0 Å². The zero-order valence-corrected chi connectivity index (χ0v) is 9.81. The predicted octanol–water partition coefficient (Wildman–Crippen LogP) is 3.66. The highest BCUT2D eigenvalue weighted by Gasteiger charge is 2.42. The Kier molecular flexibility index (Phi) is 2.37. The molecular formula is C14H20O. The van der Waals surface area contributed by atoms with Crippen molar-refractivity contribution in [2.45, 2.75) is 46.0 Å². The van der Waals surface area contributed by atoms with Crippen molar-refractivity contribution < 1.29 is 4.79 Å². The van der Waals surface area contributed by atoms with E-state index in [-0.39, 0.29) is 10.8 Å². The summed E-state index contributed by atoms with van der Waals surface area (Å²) in [5.74, 6) is 0.324. The lowest BCUT2D eigenvalue weighted by Gasteiger charge is -2.46. The predicted molar refractivity (Wildman–Crippen MR) is 62.6 cm³/mol. The molecule has 0 aromatic rings. The van der Waals surface area contributed by atoms with E-state index in [2.05, 4.69) is 26.5 Å². The van der Waals surface area contributed by atoms with Crippen LogP contribution in [0.4, 0.5) is 0 Å². The van der Waals surface area contributed by atoms with Gasteiger partial charge in [-0.3, -0.25) is 4.79 Å². The van der Waals surface area contributed by atoms with Crippen molar-refractivity contribution in [1.29, 1.82) is 0 Å². The Morgan fingerprint density at radius 1 is 1.33 bits per heavy atom. The van der Waals surface area contributed by atoms with E-state index in [0.29, 0.717) is 5.78 Å². The zero-order chi connectivity index (χ0) is 11.1. The summed E-state index contributed by atoms with van der Waals surface area (Å²) >= 11 is 0. The van der Waals surface area contributed by atoms with Gasteiger partial charge in [0, 0.05) is 6.42 Å². The van der Waals surface area contributed by atoms with Gasteiger partial charge in [-0.05, 0) is 42.6 Å². The summed E-state index contributed by atoms with van der Waals surface area (Å²) in [6.45, 7) is 8.56. The van der Waals surface area contributed by atoms with Crippen LogP contribution in [0.5, 0.6) is 0 Å². The molecule has 0 aliphatic heterocycles. The molecule has 1 saturated carbocycles. The summed E-state index contributed by atoms with van der Waals surface area (Å²) < 4.78 is 0. The Morgan fingerprint density at radius 2 is 2.07 bits per heavy atom. The molecule has 0 heterocycles. The van der Waals surface area contributed by atoms with Crippen molar-refractivity contribution in [2.24, 2.45) is 10.8 Å². The summed E-state index contributed by atoms with van der Waals surface area (Å²) in [5, 5.41) is 0. The number of carbonyl (C=O) groups excluding carboxylic acids is 1. The molecule has 1 nitrogen and oxygen atoms in total. The number of rotatable bonds is 1. The van der Waals surface area contributed by atoms with Gasteiger partial charge in [-0.15, -0.1) is 6.58 Å². The first-order chi connectivity index (χ1) is 6.97. The molecule has 15 heavy (non-hydrogen) atoms. The van der Waals surface area contributed by atoms with Crippen LogP contribution in [0.1, 0.15) is 46.0 Å². The molecule has 0 N–H and O–H groups in total. The van der Waals surface area contributed by atoms with Gasteiger partial charge in [0.1, 0.15) is 0 Å². The van der Waals surface area contributed by atoms with E-state index in [1.165, 1.54) is 5.57 Å². The molecule has 2 aliphatic carbocycles. The molecule has 0 radical (unpaired) electrons. The lowest BCUT2D eigenvalue weighted by atomic mass is 9.58. The van der Waals surface area contributed by atoms with Crippen molar-refractivity contribution in [2.75, 3.05) is 0 Å². The zero-order valence-electron chi connectivity index (χ0n) is 9.81. The third kappa shape index (κ3) is 1.80. The maximum Gasteiger partial charge on any atom is 0.155 e. The molecule has 0 unspecified atom stereocenters. The van der Waals surface area contributed by atoms with Crippen LogP contribution in [0.15, 0.2) is 24.3 Å². The van der Waals surface area contributed by atoms with Crippen LogP contribution in [0, 0.1) is 10.8 Å². The molecule has 2 rings (SSSR count). The van der Waals surface area contributed by atoms with Crippen LogP contribution >= 0.6 is 0 Å². The van der Waals surface area contributed by atoms with Crippen LogP contribution < -0.4 is 0 Å². The fraction of sp³-hybridized carbons (Fsp3) is 0.643. The van der Waals surface area contributed by atoms with E-state index in [4.69, 9.17) is 0 Å². The highest BCUT2D eigenvalue weighted by atomic mass is 16.1. The van der Waals surface area contributed by atoms with Gasteiger partial charge in [0.2, 0.25) is 0 Å². The monoisotopic (exact) mass is 204 g/mol. The third-order valence-electron chi connectivity index (χ3n) is 4.29.